The molecule has 0 saturated heterocycles. The fourth-order valence-corrected chi connectivity index (χ4v) is 0.504. The number of hydrazine groups is 1. The maximum absolute atomic E-state index is 10.8. The maximum Gasteiger partial charge on any atom is 0.253 e. The first kappa shape index (κ1) is 10.5. The molecule has 0 aliphatic heterocycles. The van der Waals surface area contributed by atoms with E-state index >= 15 is 0 Å². The highest BCUT2D eigenvalue weighted by Gasteiger charge is 2.01. The first-order valence-corrected chi connectivity index (χ1v) is 3.40. The summed E-state index contributed by atoms with van der Waals surface area (Å²) in [7, 11) is 0. The molecule has 0 aromatic carbocycles. The van der Waals surface area contributed by atoms with E-state index in [1.165, 1.54) is 0 Å². The van der Waals surface area contributed by atoms with Crippen LogP contribution in [0.25, 0.3) is 0 Å². The van der Waals surface area contributed by atoms with E-state index in [0.29, 0.717) is 6.42 Å². The van der Waals surface area contributed by atoms with Gasteiger partial charge in [-0.05, 0) is 0 Å². The Bertz CT molecular complexity index is 207. The summed E-state index contributed by atoms with van der Waals surface area (Å²) in [6.45, 7) is -0.111. The van der Waals surface area contributed by atoms with Gasteiger partial charge < -0.3 is 5.32 Å². The minimum atomic E-state index is -0.441. The van der Waals surface area contributed by atoms with Crippen LogP contribution in [0.1, 0.15) is 12.8 Å². The third-order valence-corrected chi connectivity index (χ3v) is 1.10. The fourth-order valence-electron chi connectivity index (χ4n) is 0.504. The molecule has 0 rings (SSSR count). The second-order valence-electron chi connectivity index (χ2n) is 2.05. The zero-order valence-corrected chi connectivity index (χ0v) is 6.59. The second-order valence-corrected chi connectivity index (χ2v) is 2.05. The largest absolute Gasteiger partial charge is 0.347 e. The van der Waals surface area contributed by atoms with Crippen LogP contribution in [0.2, 0.25) is 0 Å². The van der Waals surface area contributed by atoms with E-state index in [-0.39, 0.29) is 18.9 Å². The molecular weight excluding hydrogens is 158 g/mol. The lowest BCUT2D eigenvalue weighted by atomic mass is 10.3. The smallest absolute Gasteiger partial charge is 0.253 e. The summed E-state index contributed by atoms with van der Waals surface area (Å²) in [6.07, 6.45) is 5.53. The summed E-state index contributed by atoms with van der Waals surface area (Å²) < 4.78 is 0. The van der Waals surface area contributed by atoms with Crippen LogP contribution in [0.5, 0.6) is 0 Å². The number of hydrogen-bond donors (Lipinski definition) is 3. The summed E-state index contributed by atoms with van der Waals surface area (Å²) in [5.74, 6) is 6.40. The van der Waals surface area contributed by atoms with Gasteiger partial charge in [-0.1, -0.05) is 0 Å². The summed E-state index contributed by atoms with van der Waals surface area (Å²) in [5.41, 5.74) is 1.88. The lowest BCUT2D eigenvalue weighted by molar-refractivity contribution is -0.126. The third kappa shape index (κ3) is 5.26. The molecule has 0 aliphatic rings. The van der Waals surface area contributed by atoms with Gasteiger partial charge in [-0.2, -0.15) is 0 Å². The van der Waals surface area contributed by atoms with Gasteiger partial charge in [0.05, 0.1) is 6.54 Å². The lowest BCUT2D eigenvalue weighted by Gasteiger charge is -2.01. The van der Waals surface area contributed by atoms with E-state index in [1.807, 2.05) is 5.43 Å². The zero-order valence-electron chi connectivity index (χ0n) is 6.59. The Labute approximate surface area is 70.7 Å². The average Bonchev–Trinajstić information content (AvgIpc) is 2.10. The second kappa shape index (κ2) is 6.19. The van der Waals surface area contributed by atoms with Crippen LogP contribution in [0.3, 0.4) is 0 Å². The van der Waals surface area contributed by atoms with Crippen LogP contribution in [0.4, 0.5) is 0 Å². The van der Waals surface area contributed by atoms with Crippen molar-refractivity contribution < 1.29 is 9.59 Å². The topological polar surface area (TPSA) is 84.2 Å². The van der Waals surface area contributed by atoms with Gasteiger partial charge in [0.25, 0.3) is 5.91 Å². The molecule has 0 radical (unpaired) electrons. The first-order valence-electron chi connectivity index (χ1n) is 3.40. The van der Waals surface area contributed by atoms with E-state index in [2.05, 4.69) is 11.2 Å². The molecule has 0 aromatic rings. The molecule has 12 heavy (non-hydrogen) atoms. The van der Waals surface area contributed by atoms with Crippen molar-refractivity contribution >= 4 is 11.8 Å². The van der Waals surface area contributed by atoms with Crippen LogP contribution in [-0.2, 0) is 9.59 Å². The van der Waals surface area contributed by atoms with E-state index in [4.69, 9.17) is 12.3 Å². The van der Waals surface area contributed by atoms with Crippen LogP contribution in [-0.4, -0.2) is 18.4 Å². The molecule has 5 nitrogen and oxygen atoms in total. The molecule has 0 heterocycles. The van der Waals surface area contributed by atoms with E-state index in [9.17, 15) is 9.59 Å². The van der Waals surface area contributed by atoms with Crippen LogP contribution in [0.15, 0.2) is 0 Å². The molecule has 0 unspecified atom stereocenters. The summed E-state index contributed by atoms with van der Waals surface area (Å²) in [6, 6.07) is 0. The normalized spacial score (nSPS) is 8.33. The van der Waals surface area contributed by atoms with Crippen molar-refractivity contribution in [2.75, 3.05) is 6.54 Å². The maximum atomic E-state index is 10.8. The van der Waals surface area contributed by atoms with Gasteiger partial charge in [0.15, 0.2) is 0 Å². The van der Waals surface area contributed by atoms with Crippen molar-refractivity contribution in [3.05, 3.63) is 0 Å². The Hall–Kier alpha value is -1.54. The summed E-state index contributed by atoms with van der Waals surface area (Å²) >= 11 is 0. The van der Waals surface area contributed by atoms with Crippen molar-refractivity contribution in [2.24, 2.45) is 5.84 Å². The van der Waals surface area contributed by atoms with Gasteiger partial charge in [0.2, 0.25) is 5.91 Å². The van der Waals surface area contributed by atoms with E-state index in [0.717, 1.165) is 0 Å². The Morgan fingerprint density at radius 2 is 2.08 bits per heavy atom. The Balaban J connectivity index is 3.45. The molecule has 66 valence electrons. The number of nitrogens with one attached hydrogen (secondary N) is 2. The first-order chi connectivity index (χ1) is 5.70. The molecule has 2 amide bonds. The molecule has 0 spiro atoms. The van der Waals surface area contributed by atoms with Gasteiger partial charge in [-0.25, -0.2) is 5.84 Å². The highest BCUT2D eigenvalue weighted by atomic mass is 16.2. The van der Waals surface area contributed by atoms with E-state index in [1.54, 1.807) is 0 Å². The number of terminal acetylenes is 1. The van der Waals surface area contributed by atoms with E-state index < -0.39 is 5.91 Å². The van der Waals surface area contributed by atoms with Gasteiger partial charge in [0, 0.05) is 12.8 Å². The summed E-state index contributed by atoms with van der Waals surface area (Å²) in [4.78, 5) is 21.3. The molecular formula is C7H11N3O2. The predicted molar refractivity (Wildman–Crippen MR) is 43.4 cm³/mol. The lowest BCUT2D eigenvalue weighted by Crippen LogP contribution is -2.40. The van der Waals surface area contributed by atoms with Crippen molar-refractivity contribution in [3.63, 3.8) is 0 Å². The van der Waals surface area contributed by atoms with Crippen molar-refractivity contribution in [2.45, 2.75) is 12.8 Å². The van der Waals surface area contributed by atoms with Gasteiger partial charge in [-0.15, -0.1) is 12.3 Å². The van der Waals surface area contributed by atoms with Crippen molar-refractivity contribution in [3.8, 4) is 12.3 Å². The number of amides is 2. The molecule has 4 N–H and O–H groups in total. The Kier molecular flexibility index (Phi) is 5.39. The molecule has 0 atom stereocenters. The van der Waals surface area contributed by atoms with Crippen molar-refractivity contribution in [1.82, 2.24) is 10.7 Å². The third-order valence-electron chi connectivity index (χ3n) is 1.10. The summed E-state index contributed by atoms with van der Waals surface area (Å²) in [5, 5.41) is 2.34. The number of rotatable bonds is 4. The van der Waals surface area contributed by atoms with Crippen LogP contribution in [0, 0.1) is 12.3 Å². The molecule has 5 heteroatoms. The number of nitrogens with two attached hydrogens (primary N) is 1. The minimum absolute atomic E-state index is 0.111. The van der Waals surface area contributed by atoms with Gasteiger partial charge >= 0.3 is 0 Å². The van der Waals surface area contributed by atoms with Crippen LogP contribution < -0.4 is 16.6 Å². The zero-order chi connectivity index (χ0) is 9.40. The molecule has 0 fully saturated rings. The molecule has 0 aliphatic carbocycles. The number of carbonyl (C=O) groups is 2. The number of carbonyl (C=O) groups excluding carboxylic acids is 2. The molecule has 0 saturated carbocycles. The minimum Gasteiger partial charge on any atom is -0.347 e. The Morgan fingerprint density at radius 3 is 2.58 bits per heavy atom. The predicted octanol–water partition coefficient (Wildman–Crippen LogP) is -1.49. The highest BCUT2D eigenvalue weighted by Crippen LogP contribution is 1.84. The SMILES string of the molecule is C#CCCC(=O)NCC(=O)NN. The Morgan fingerprint density at radius 1 is 1.42 bits per heavy atom. The average molecular weight is 169 g/mol. The van der Waals surface area contributed by atoms with Crippen molar-refractivity contribution in [1.29, 1.82) is 0 Å². The quantitative estimate of drug-likeness (QED) is 0.207. The molecule has 0 bridgehead atoms. The standard InChI is InChI=1S/C7H11N3O2/c1-2-3-4-6(11)9-5-7(12)10-8/h1H,3-5,8H2,(H,9,11)(H,10,12). The number of hydrogen-bond acceptors (Lipinski definition) is 3. The monoisotopic (exact) mass is 169 g/mol. The fraction of sp³-hybridized carbons (Fsp3) is 0.429. The van der Waals surface area contributed by atoms with Gasteiger partial charge in [0.1, 0.15) is 0 Å². The molecule has 0 aromatic heterocycles. The highest BCUT2D eigenvalue weighted by molar-refractivity contribution is 5.84. The van der Waals surface area contributed by atoms with Gasteiger partial charge in [-0.3, -0.25) is 15.0 Å². The van der Waals surface area contributed by atoms with Crippen LogP contribution >= 0.6 is 0 Å².